The fraction of sp³-hybridized carbons (Fsp3) is 0.263. The molecule has 0 unspecified atom stereocenters. The van der Waals surface area contributed by atoms with Crippen LogP contribution in [0.25, 0.3) is 21.8 Å². The number of rotatable bonds is 1. The van der Waals surface area contributed by atoms with Gasteiger partial charge in [-0.3, -0.25) is 10.2 Å². The van der Waals surface area contributed by atoms with Crippen molar-refractivity contribution in [3.63, 3.8) is 0 Å². The number of nitrogen functional groups attached to an aromatic ring is 1. The molecule has 1 saturated heterocycles. The Balaban J connectivity index is 1.52. The van der Waals surface area contributed by atoms with Crippen LogP contribution in [-0.2, 0) is 0 Å². The van der Waals surface area contributed by atoms with Gasteiger partial charge in [0.15, 0.2) is 5.82 Å². The maximum Gasteiger partial charge on any atom is 0.153 e. The van der Waals surface area contributed by atoms with Crippen LogP contribution in [0.1, 0.15) is 29.6 Å². The minimum absolute atomic E-state index is 0.241. The Morgan fingerprint density at radius 1 is 1.00 bits per heavy atom. The van der Waals surface area contributed by atoms with Crippen molar-refractivity contribution in [1.82, 2.24) is 25.7 Å². The van der Waals surface area contributed by atoms with E-state index < -0.39 is 0 Å². The number of anilines is 2. The molecular weight excluding hydrogens is 326 g/mol. The van der Waals surface area contributed by atoms with Crippen LogP contribution in [0.15, 0.2) is 36.5 Å². The number of hydrogen-bond donors (Lipinski definition) is 5. The fourth-order valence-electron chi connectivity index (χ4n) is 4.75. The Morgan fingerprint density at radius 3 is 2.85 bits per heavy atom. The summed E-state index contributed by atoms with van der Waals surface area (Å²) in [6.45, 7) is 1.03. The molecule has 6 rings (SSSR count). The van der Waals surface area contributed by atoms with Crippen LogP contribution in [0.2, 0.25) is 0 Å². The Morgan fingerprint density at radius 2 is 1.88 bits per heavy atom. The van der Waals surface area contributed by atoms with Gasteiger partial charge in [0.1, 0.15) is 0 Å². The first-order valence-electron chi connectivity index (χ1n) is 8.99. The lowest BCUT2D eigenvalue weighted by atomic mass is 9.79. The predicted molar refractivity (Wildman–Crippen MR) is 102 cm³/mol. The Bertz CT molecular complexity index is 1140. The molecule has 7 nitrogen and oxygen atoms in total. The smallest absolute Gasteiger partial charge is 0.153 e. The average Bonchev–Trinajstić information content (AvgIpc) is 3.40. The van der Waals surface area contributed by atoms with Crippen molar-refractivity contribution in [3.05, 3.63) is 47.7 Å². The number of benzene rings is 2. The van der Waals surface area contributed by atoms with E-state index in [1.165, 1.54) is 22.2 Å². The molecular formula is C19H19N7. The highest BCUT2D eigenvalue weighted by molar-refractivity contribution is 5.90. The number of fused-ring (bicyclic) bond motifs is 6. The minimum atomic E-state index is 0.241. The fourth-order valence-corrected chi connectivity index (χ4v) is 4.75. The lowest BCUT2D eigenvalue weighted by Gasteiger charge is -2.37. The molecule has 1 fully saturated rings. The molecule has 26 heavy (non-hydrogen) atoms. The molecule has 0 amide bonds. The standard InChI is InChI=1S/C19H19N7/c20-19-11-7-9(1-2-13(11)25-26-19)17-10-5-6-21-18(10)16-12-8-22-24-14(12)3-4-15(16)23-17/h1-4,7-8,10,17-18,21,23H,5-6H2,(H,22,24)(H3,20,25,26)/t10-,17-,18-/m0/s1. The molecule has 130 valence electrons. The largest absolute Gasteiger partial charge is 0.382 e. The van der Waals surface area contributed by atoms with E-state index in [0.717, 1.165) is 29.4 Å². The monoisotopic (exact) mass is 345 g/mol. The number of hydrogen-bond acceptors (Lipinski definition) is 5. The number of H-pyrrole nitrogens is 2. The summed E-state index contributed by atoms with van der Waals surface area (Å²) in [7, 11) is 0. The van der Waals surface area contributed by atoms with Crippen LogP contribution in [0, 0.1) is 5.92 Å². The minimum Gasteiger partial charge on any atom is -0.382 e. The highest BCUT2D eigenvalue weighted by Crippen LogP contribution is 2.49. The second-order valence-corrected chi connectivity index (χ2v) is 7.28. The number of aromatic amines is 2. The van der Waals surface area contributed by atoms with Gasteiger partial charge in [0.05, 0.1) is 23.3 Å². The van der Waals surface area contributed by atoms with Gasteiger partial charge in [-0.25, -0.2) is 0 Å². The van der Waals surface area contributed by atoms with Crippen LogP contribution in [0.5, 0.6) is 0 Å². The van der Waals surface area contributed by atoms with Gasteiger partial charge in [-0.05, 0) is 42.8 Å². The summed E-state index contributed by atoms with van der Waals surface area (Å²) in [5.74, 6) is 1.04. The molecule has 0 bridgehead atoms. The highest BCUT2D eigenvalue weighted by Gasteiger charge is 2.41. The molecule has 0 spiro atoms. The first-order valence-corrected chi connectivity index (χ1v) is 8.99. The van der Waals surface area contributed by atoms with Crippen LogP contribution < -0.4 is 16.4 Å². The van der Waals surface area contributed by atoms with E-state index in [0.29, 0.717) is 17.8 Å². The summed E-state index contributed by atoms with van der Waals surface area (Å²) in [5.41, 5.74) is 11.9. The molecule has 6 N–H and O–H groups in total. The van der Waals surface area contributed by atoms with Gasteiger partial charge in [0, 0.05) is 34.0 Å². The summed E-state index contributed by atoms with van der Waals surface area (Å²) in [6.07, 6.45) is 3.07. The molecule has 2 aliphatic heterocycles. The number of nitrogens with one attached hydrogen (secondary N) is 4. The van der Waals surface area contributed by atoms with Gasteiger partial charge in [0.2, 0.25) is 0 Å². The van der Waals surface area contributed by atoms with Crippen molar-refractivity contribution >= 4 is 33.3 Å². The maximum atomic E-state index is 6.02. The molecule has 4 aromatic rings. The second kappa shape index (κ2) is 4.98. The van der Waals surface area contributed by atoms with Crippen LogP contribution in [0.4, 0.5) is 11.5 Å². The molecule has 7 heteroatoms. The van der Waals surface area contributed by atoms with E-state index in [-0.39, 0.29) is 6.04 Å². The summed E-state index contributed by atoms with van der Waals surface area (Å²) >= 11 is 0. The van der Waals surface area contributed by atoms with E-state index in [2.05, 4.69) is 61.4 Å². The molecule has 3 atom stereocenters. The van der Waals surface area contributed by atoms with Gasteiger partial charge in [0.25, 0.3) is 0 Å². The van der Waals surface area contributed by atoms with E-state index in [9.17, 15) is 0 Å². The van der Waals surface area contributed by atoms with E-state index in [1.807, 2.05) is 6.20 Å². The zero-order valence-corrected chi connectivity index (χ0v) is 14.1. The quantitative estimate of drug-likeness (QED) is 0.365. The zero-order valence-electron chi connectivity index (χ0n) is 14.1. The number of aromatic nitrogens is 4. The van der Waals surface area contributed by atoms with E-state index >= 15 is 0 Å². The highest BCUT2D eigenvalue weighted by atomic mass is 15.2. The normalized spacial score (nSPS) is 24.5. The van der Waals surface area contributed by atoms with E-state index in [1.54, 1.807) is 0 Å². The van der Waals surface area contributed by atoms with E-state index in [4.69, 9.17) is 5.73 Å². The van der Waals surface area contributed by atoms with Crippen molar-refractivity contribution in [2.75, 3.05) is 17.6 Å². The lowest BCUT2D eigenvalue weighted by molar-refractivity contribution is 0.393. The van der Waals surface area contributed by atoms with Crippen molar-refractivity contribution in [3.8, 4) is 0 Å². The Labute approximate surface area is 149 Å². The molecule has 2 aliphatic rings. The van der Waals surface area contributed by atoms with Gasteiger partial charge in [-0.1, -0.05) is 6.07 Å². The average molecular weight is 345 g/mol. The van der Waals surface area contributed by atoms with Crippen molar-refractivity contribution in [2.45, 2.75) is 18.5 Å². The molecule has 0 radical (unpaired) electrons. The Hall–Kier alpha value is -3.06. The van der Waals surface area contributed by atoms with Gasteiger partial charge in [-0.2, -0.15) is 10.2 Å². The van der Waals surface area contributed by atoms with Crippen molar-refractivity contribution in [2.24, 2.45) is 5.92 Å². The second-order valence-electron chi connectivity index (χ2n) is 7.28. The summed E-state index contributed by atoms with van der Waals surface area (Å²) in [5, 5.41) is 24.1. The SMILES string of the molecule is Nc1n[nH]c2ccc([C@@H]3Nc4ccc5[nH]ncc5c4[C@H]4NCC[C@H]43)cc12. The third-order valence-electron chi connectivity index (χ3n) is 5.96. The predicted octanol–water partition coefficient (Wildman–Crippen LogP) is 2.84. The van der Waals surface area contributed by atoms with Crippen molar-refractivity contribution in [1.29, 1.82) is 0 Å². The topological polar surface area (TPSA) is 107 Å². The summed E-state index contributed by atoms with van der Waals surface area (Å²) in [6, 6.07) is 11.2. The van der Waals surface area contributed by atoms with Crippen LogP contribution >= 0.6 is 0 Å². The van der Waals surface area contributed by atoms with Crippen molar-refractivity contribution < 1.29 is 0 Å². The first kappa shape index (κ1) is 14.1. The summed E-state index contributed by atoms with van der Waals surface area (Å²) < 4.78 is 0. The molecule has 0 saturated carbocycles. The third-order valence-corrected chi connectivity index (χ3v) is 5.96. The van der Waals surface area contributed by atoms with Gasteiger partial charge < -0.3 is 16.4 Å². The molecule has 2 aromatic heterocycles. The molecule has 0 aliphatic carbocycles. The number of nitrogens with two attached hydrogens (primary N) is 1. The summed E-state index contributed by atoms with van der Waals surface area (Å²) in [4.78, 5) is 0. The molecule has 4 heterocycles. The third kappa shape index (κ3) is 1.80. The number of nitrogens with zero attached hydrogens (tertiary/aromatic N) is 2. The lowest BCUT2D eigenvalue weighted by Crippen LogP contribution is -2.32. The van der Waals surface area contributed by atoms with Gasteiger partial charge >= 0.3 is 0 Å². The first-order chi connectivity index (χ1) is 12.8. The van der Waals surface area contributed by atoms with Crippen LogP contribution in [0.3, 0.4) is 0 Å². The Kier molecular flexibility index (Phi) is 2.71. The maximum absolute atomic E-state index is 6.02. The zero-order chi connectivity index (χ0) is 17.3. The van der Waals surface area contributed by atoms with Crippen LogP contribution in [-0.4, -0.2) is 26.9 Å². The molecule has 2 aromatic carbocycles. The van der Waals surface area contributed by atoms with Gasteiger partial charge in [-0.15, -0.1) is 0 Å².